The summed E-state index contributed by atoms with van der Waals surface area (Å²) in [4.78, 5) is 31.4. The molecule has 8 nitrogen and oxygen atoms in total. The Kier molecular flexibility index (Phi) is 5.37. The third-order valence-corrected chi connectivity index (χ3v) is 4.37. The van der Waals surface area contributed by atoms with Gasteiger partial charge in [0.05, 0.1) is 5.92 Å². The summed E-state index contributed by atoms with van der Waals surface area (Å²) < 4.78 is 5.15. The lowest BCUT2D eigenvalue weighted by atomic mass is 9.86. The van der Waals surface area contributed by atoms with Crippen molar-refractivity contribution >= 4 is 11.9 Å². The van der Waals surface area contributed by atoms with Gasteiger partial charge in [-0.2, -0.15) is 4.98 Å². The third kappa shape index (κ3) is 4.62. The number of aromatic nitrogens is 3. The number of nitrogens with zero attached hydrogens (tertiary/aromatic N) is 3. The molecule has 0 atom stereocenters. The monoisotopic (exact) mass is 344 g/mol. The molecule has 25 heavy (non-hydrogen) atoms. The van der Waals surface area contributed by atoms with Crippen LogP contribution < -0.4 is 5.32 Å². The minimum absolute atomic E-state index is 0.0508. The molecule has 0 saturated heterocycles. The van der Waals surface area contributed by atoms with Crippen molar-refractivity contribution < 1.29 is 19.2 Å². The van der Waals surface area contributed by atoms with Gasteiger partial charge < -0.3 is 14.9 Å². The lowest BCUT2D eigenvalue weighted by molar-refractivity contribution is -0.142. The van der Waals surface area contributed by atoms with Gasteiger partial charge in [-0.25, -0.2) is 0 Å². The van der Waals surface area contributed by atoms with Crippen LogP contribution >= 0.6 is 0 Å². The first-order valence-electron chi connectivity index (χ1n) is 8.38. The van der Waals surface area contributed by atoms with Crippen molar-refractivity contribution in [2.75, 3.05) is 0 Å². The van der Waals surface area contributed by atoms with Crippen LogP contribution in [0.5, 0.6) is 0 Å². The molecule has 0 spiro atoms. The zero-order valence-corrected chi connectivity index (χ0v) is 13.7. The maximum atomic E-state index is 12.0. The largest absolute Gasteiger partial charge is 0.481 e. The molecule has 1 amide bonds. The fraction of sp³-hybridized carbons (Fsp3) is 0.471. The number of hydrogen-bond donors (Lipinski definition) is 2. The molecule has 1 fully saturated rings. The third-order valence-electron chi connectivity index (χ3n) is 4.37. The smallest absolute Gasteiger partial charge is 0.306 e. The van der Waals surface area contributed by atoms with E-state index in [-0.39, 0.29) is 24.3 Å². The molecular weight excluding hydrogens is 324 g/mol. The van der Waals surface area contributed by atoms with Crippen LogP contribution in [-0.4, -0.2) is 38.1 Å². The van der Waals surface area contributed by atoms with Crippen LogP contribution in [0.2, 0.25) is 0 Å². The molecule has 132 valence electrons. The summed E-state index contributed by atoms with van der Waals surface area (Å²) in [7, 11) is 0. The molecule has 1 aliphatic rings. The minimum atomic E-state index is -0.745. The van der Waals surface area contributed by atoms with Crippen molar-refractivity contribution in [3.8, 4) is 11.5 Å². The Morgan fingerprint density at radius 1 is 1.24 bits per heavy atom. The molecule has 1 aliphatic carbocycles. The van der Waals surface area contributed by atoms with E-state index in [4.69, 9.17) is 9.63 Å². The van der Waals surface area contributed by atoms with Crippen molar-refractivity contribution in [1.29, 1.82) is 0 Å². The van der Waals surface area contributed by atoms with Gasteiger partial charge in [0.2, 0.25) is 17.6 Å². The predicted octanol–water partition coefficient (Wildman–Crippen LogP) is 1.82. The molecule has 3 rings (SSSR count). The molecule has 0 aromatic carbocycles. The lowest BCUT2D eigenvalue weighted by Crippen LogP contribution is -2.38. The van der Waals surface area contributed by atoms with E-state index in [1.54, 1.807) is 18.3 Å². The summed E-state index contributed by atoms with van der Waals surface area (Å²) in [6.45, 7) is 0. The molecule has 0 bridgehead atoms. The van der Waals surface area contributed by atoms with E-state index in [9.17, 15) is 9.59 Å². The van der Waals surface area contributed by atoms with E-state index in [0.29, 0.717) is 49.5 Å². The predicted molar refractivity (Wildman–Crippen MR) is 87.4 cm³/mol. The normalized spacial score (nSPS) is 20.2. The Bertz CT molecular complexity index is 723. The van der Waals surface area contributed by atoms with Gasteiger partial charge in [0.1, 0.15) is 5.69 Å². The lowest BCUT2D eigenvalue weighted by Gasteiger charge is -2.26. The Balaban J connectivity index is 1.44. The van der Waals surface area contributed by atoms with Gasteiger partial charge in [-0.15, -0.1) is 0 Å². The Morgan fingerprint density at radius 2 is 2.04 bits per heavy atom. The summed E-state index contributed by atoms with van der Waals surface area (Å²) in [5.41, 5.74) is 0.622. The second kappa shape index (κ2) is 7.87. The van der Waals surface area contributed by atoms with E-state index in [0.717, 1.165) is 0 Å². The fourth-order valence-electron chi connectivity index (χ4n) is 2.96. The maximum Gasteiger partial charge on any atom is 0.306 e. The van der Waals surface area contributed by atoms with Gasteiger partial charge in [0.15, 0.2) is 0 Å². The molecule has 1 saturated carbocycles. The minimum Gasteiger partial charge on any atom is -0.481 e. The highest BCUT2D eigenvalue weighted by atomic mass is 16.5. The molecule has 2 aromatic heterocycles. The summed E-state index contributed by atoms with van der Waals surface area (Å²) in [6.07, 6.45) is 4.88. The summed E-state index contributed by atoms with van der Waals surface area (Å²) in [6, 6.07) is 5.48. The van der Waals surface area contributed by atoms with Crippen molar-refractivity contribution in [2.24, 2.45) is 5.92 Å². The first-order chi connectivity index (χ1) is 12.1. The van der Waals surface area contributed by atoms with Crippen LogP contribution in [0, 0.1) is 5.92 Å². The van der Waals surface area contributed by atoms with Gasteiger partial charge in [-0.1, -0.05) is 11.2 Å². The number of nitrogens with one attached hydrogen (secondary N) is 1. The topological polar surface area (TPSA) is 118 Å². The van der Waals surface area contributed by atoms with E-state index < -0.39 is 5.97 Å². The number of pyridine rings is 1. The van der Waals surface area contributed by atoms with E-state index in [1.807, 2.05) is 6.07 Å². The van der Waals surface area contributed by atoms with Crippen LogP contribution in [0.4, 0.5) is 0 Å². The second-order valence-electron chi connectivity index (χ2n) is 6.18. The molecular formula is C17H20N4O4. The van der Waals surface area contributed by atoms with Crippen molar-refractivity contribution in [3.63, 3.8) is 0 Å². The molecule has 2 N–H and O–H groups in total. The highest BCUT2D eigenvalue weighted by molar-refractivity contribution is 5.76. The highest BCUT2D eigenvalue weighted by Crippen LogP contribution is 2.24. The van der Waals surface area contributed by atoms with Gasteiger partial charge in [0, 0.05) is 25.1 Å². The van der Waals surface area contributed by atoms with Crippen LogP contribution in [-0.2, 0) is 16.0 Å². The Labute approximate surface area is 144 Å². The van der Waals surface area contributed by atoms with E-state index >= 15 is 0 Å². The summed E-state index contributed by atoms with van der Waals surface area (Å²) in [5, 5.41) is 15.8. The number of aryl methyl sites for hydroxylation is 1. The Morgan fingerprint density at radius 3 is 2.72 bits per heavy atom. The highest BCUT2D eigenvalue weighted by Gasteiger charge is 2.26. The number of carboxylic acid groups (broad SMARTS) is 1. The number of hydrogen-bond acceptors (Lipinski definition) is 6. The van der Waals surface area contributed by atoms with Crippen molar-refractivity contribution in [1.82, 2.24) is 20.4 Å². The number of carboxylic acids is 1. The summed E-state index contributed by atoms with van der Waals surface area (Å²) in [5.74, 6) is -0.314. The number of carbonyl (C=O) groups is 2. The van der Waals surface area contributed by atoms with Crippen LogP contribution in [0.1, 0.15) is 38.0 Å². The fourth-order valence-corrected chi connectivity index (χ4v) is 2.96. The van der Waals surface area contributed by atoms with E-state index in [1.165, 1.54) is 0 Å². The molecule has 2 aromatic rings. The number of amides is 1. The molecule has 0 unspecified atom stereocenters. The van der Waals surface area contributed by atoms with Crippen molar-refractivity contribution in [2.45, 2.75) is 44.6 Å². The molecule has 0 radical (unpaired) electrons. The van der Waals surface area contributed by atoms with E-state index in [2.05, 4.69) is 20.4 Å². The first-order valence-corrected chi connectivity index (χ1v) is 8.38. The molecule has 8 heteroatoms. The van der Waals surface area contributed by atoms with Crippen LogP contribution in [0.25, 0.3) is 11.5 Å². The second-order valence-corrected chi connectivity index (χ2v) is 6.18. The summed E-state index contributed by atoms with van der Waals surface area (Å²) >= 11 is 0. The SMILES string of the molecule is O=C(CCc1nc(-c2ccccn2)no1)NC1CCC(C(=O)O)CC1. The van der Waals surface area contributed by atoms with Gasteiger partial charge in [0.25, 0.3) is 0 Å². The zero-order chi connectivity index (χ0) is 17.6. The van der Waals surface area contributed by atoms with Crippen LogP contribution in [0.15, 0.2) is 28.9 Å². The van der Waals surface area contributed by atoms with Crippen LogP contribution in [0.3, 0.4) is 0 Å². The quantitative estimate of drug-likeness (QED) is 0.820. The molecule has 2 heterocycles. The van der Waals surface area contributed by atoms with Gasteiger partial charge >= 0.3 is 5.97 Å². The van der Waals surface area contributed by atoms with Crippen molar-refractivity contribution in [3.05, 3.63) is 30.3 Å². The number of aliphatic carboxylic acids is 1. The average molecular weight is 344 g/mol. The van der Waals surface area contributed by atoms with Gasteiger partial charge in [-0.3, -0.25) is 14.6 Å². The first kappa shape index (κ1) is 17.1. The average Bonchev–Trinajstić information content (AvgIpc) is 3.10. The maximum absolute atomic E-state index is 12.0. The van der Waals surface area contributed by atoms with Gasteiger partial charge in [-0.05, 0) is 37.8 Å². The number of rotatable bonds is 6. The number of carbonyl (C=O) groups excluding carboxylic acids is 1. The standard InChI is InChI=1S/C17H20N4O4/c22-14(19-12-6-4-11(5-7-12)17(23)24)8-9-15-20-16(21-25-15)13-3-1-2-10-18-13/h1-3,10-12H,4-9H2,(H,19,22)(H,23,24). The zero-order valence-electron chi connectivity index (χ0n) is 13.7. The molecule has 0 aliphatic heterocycles. The Hall–Kier alpha value is -2.77.